The van der Waals surface area contributed by atoms with E-state index in [9.17, 15) is 9.18 Å². The van der Waals surface area contributed by atoms with Gasteiger partial charge in [-0.3, -0.25) is 0 Å². The average Bonchev–Trinajstić information content (AvgIpc) is 3.12. The molecule has 3 fully saturated rings. The molecule has 172 valence electrons. The molecule has 3 atom stereocenters. The fourth-order valence-electron chi connectivity index (χ4n) is 5.58. The summed E-state index contributed by atoms with van der Waals surface area (Å²) in [7, 11) is 1.56. The predicted molar refractivity (Wildman–Crippen MR) is 120 cm³/mol. The standard InChI is InChI=1S/C23H26FN7O2/c1-14-3-6-29(13-14)22(32)27-18-12-26-31-8-5-19(28-20(18)31)30-7-4-15-10-23(15,30)17-9-16(24)11-25-21(17)33-2/h5,8-9,11-12,14-15H,3-4,6-7,10,13H2,1-2H3,(H,27,32)/t14-,15-,23+/m0/s1. The van der Waals surface area contributed by atoms with Crippen molar-refractivity contribution in [2.45, 2.75) is 31.7 Å². The fraction of sp³-hybridized carbons (Fsp3) is 0.478. The summed E-state index contributed by atoms with van der Waals surface area (Å²) in [6, 6.07) is 3.32. The molecule has 2 amide bonds. The van der Waals surface area contributed by atoms with Gasteiger partial charge in [0.05, 0.1) is 25.0 Å². The molecule has 2 saturated heterocycles. The Morgan fingerprint density at radius 3 is 2.94 bits per heavy atom. The van der Waals surface area contributed by atoms with Crippen molar-refractivity contribution in [2.24, 2.45) is 11.8 Å². The number of anilines is 2. The fourth-order valence-corrected chi connectivity index (χ4v) is 5.58. The Hall–Kier alpha value is -3.43. The summed E-state index contributed by atoms with van der Waals surface area (Å²) in [5.41, 5.74) is 1.55. The summed E-state index contributed by atoms with van der Waals surface area (Å²) in [6.45, 7) is 4.46. The number of nitrogens with zero attached hydrogens (tertiary/aromatic N) is 6. The third kappa shape index (κ3) is 3.11. The third-order valence-electron chi connectivity index (χ3n) is 7.32. The van der Waals surface area contributed by atoms with E-state index in [0.717, 1.165) is 50.3 Å². The van der Waals surface area contributed by atoms with Crippen molar-refractivity contribution >= 4 is 23.2 Å². The molecule has 33 heavy (non-hydrogen) atoms. The molecule has 1 N–H and O–H groups in total. The Morgan fingerprint density at radius 1 is 1.30 bits per heavy atom. The largest absolute Gasteiger partial charge is 0.481 e. The number of fused-ring (bicyclic) bond motifs is 2. The van der Waals surface area contributed by atoms with Crippen molar-refractivity contribution in [3.05, 3.63) is 42.1 Å². The molecule has 0 spiro atoms. The van der Waals surface area contributed by atoms with Crippen LogP contribution in [0.2, 0.25) is 0 Å². The van der Waals surface area contributed by atoms with Crippen LogP contribution in [0.15, 0.2) is 30.7 Å². The molecule has 1 aliphatic carbocycles. The lowest BCUT2D eigenvalue weighted by molar-refractivity contribution is 0.221. The number of aromatic nitrogens is 4. The molecule has 3 aromatic rings. The van der Waals surface area contributed by atoms with E-state index < -0.39 is 0 Å². The lowest BCUT2D eigenvalue weighted by Gasteiger charge is -2.30. The van der Waals surface area contributed by atoms with Crippen molar-refractivity contribution < 1.29 is 13.9 Å². The molecule has 10 heteroatoms. The maximum Gasteiger partial charge on any atom is 0.321 e. The summed E-state index contributed by atoms with van der Waals surface area (Å²) in [4.78, 5) is 25.8. The van der Waals surface area contributed by atoms with Crippen LogP contribution < -0.4 is 15.0 Å². The predicted octanol–water partition coefficient (Wildman–Crippen LogP) is 3.27. The van der Waals surface area contributed by atoms with Gasteiger partial charge in [-0.15, -0.1) is 0 Å². The smallest absolute Gasteiger partial charge is 0.321 e. The molecule has 1 saturated carbocycles. The van der Waals surface area contributed by atoms with Gasteiger partial charge >= 0.3 is 6.03 Å². The van der Waals surface area contributed by atoms with Gasteiger partial charge in [0, 0.05) is 31.4 Å². The summed E-state index contributed by atoms with van der Waals surface area (Å²) in [6.07, 6.45) is 7.56. The number of carbonyl (C=O) groups is 1. The summed E-state index contributed by atoms with van der Waals surface area (Å²) in [5, 5.41) is 7.32. The van der Waals surface area contributed by atoms with Crippen LogP contribution in [0.1, 0.15) is 31.7 Å². The second-order valence-corrected chi connectivity index (χ2v) is 9.36. The highest BCUT2D eigenvalue weighted by molar-refractivity contribution is 5.93. The van der Waals surface area contributed by atoms with Crippen LogP contribution in [-0.4, -0.2) is 57.3 Å². The molecule has 0 unspecified atom stereocenters. The van der Waals surface area contributed by atoms with Crippen molar-refractivity contribution in [2.75, 3.05) is 37.0 Å². The third-order valence-corrected chi connectivity index (χ3v) is 7.32. The highest BCUT2D eigenvalue weighted by Gasteiger charge is 2.64. The van der Waals surface area contributed by atoms with Crippen LogP contribution in [-0.2, 0) is 5.54 Å². The Labute approximate surface area is 190 Å². The van der Waals surface area contributed by atoms with E-state index in [1.807, 2.05) is 17.2 Å². The van der Waals surface area contributed by atoms with Crippen LogP contribution in [0, 0.1) is 17.7 Å². The first-order valence-electron chi connectivity index (χ1n) is 11.4. The molecule has 0 bridgehead atoms. The SMILES string of the molecule is COc1ncc(F)cc1[C@@]12C[C@@H]1CCN2c1ccn2ncc(NC(=O)N3CC[C@H](C)C3)c2n1. The number of rotatable bonds is 4. The maximum absolute atomic E-state index is 14.1. The van der Waals surface area contributed by atoms with E-state index >= 15 is 0 Å². The van der Waals surface area contributed by atoms with Crippen LogP contribution in [0.5, 0.6) is 5.88 Å². The minimum atomic E-state index is -0.377. The lowest BCUT2D eigenvalue weighted by atomic mass is 10.0. The normalized spacial score (nSPS) is 26.0. The molecular weight excluding hydrogens is 425 g/mol. The Morgan fingerprint density at radius 2 is 2.18 bits per heavy atom. The quantitative estimate of drug-likeness (QED) is 0.655. The van der Waals surface area contributed by atoms with Gasteiger partial charge in [-0.1, -0.05) is 6.92 Å². The number of methoxy groups -OCH3 is 1. The number of piperidine rings is 1. The first-order chi connectivity index (χ1) is 16.0. The van der Waals surface area contributed by atoms with Gasteiger partial charge < -0.3 is 19.9 Å². The highest BCUT2D eigenvalue weighted by Crippen LogP contribution is 2.64. The number of hydrogen-bond donors (Lipinski definition) is 1. The number of nitrogens with one attached hydrogen (secondary N) is 1. The second kappa shape index (κ2) is 7.29. The first-order valence-corrected chi connectivity index (χ1v) is 11.4. The number of hydrogen-bond acceptors (Lipinski definition) is 6. The zero-order valence-corrected chi connectivity index (χ0v) is 18.7. The average molecular weight is 452 g/mol. The number of amides is 2. The first kappa shape index (κ1) is 20.2. The second-order valence-electron chi connectivity index (χ2n) is 9.36. The zero-order chi connectivity index (χ0) is 22.7. The monoisotopic (exact) mass is 451 g/mol. The Bertz CT molecular complexity index is 1250. The lowest BCUT2D eigenvalue weighted by Crippen LogP contribution is -2.34. The van der Waals surface area contributed by atoms with Crippen LogP contribution in [0.25, 0.3) is 5.65 Å². The zero-order valence-electron chi connectivity index (χ0n) is 18.7. The number of halogens is 1. The minimum absolute atomic E-state index is 0.128. The van der Waals surface area contributed by atoms with E-state index in [-0.39, 0.29) is 17.4 Å². The van der Waals surface area contributed by atoms with Gasteiger partial charge in [0.15, 0.2) is 5.65 Å². The van der Waals surface area contributed by atoms with E-state index in [4.69, 9.17) is 9.72 Å². The van der Waals surface area contributed by atoms with Gasteiger partial charge in [0.2, 0.25) is 5.88 Å². The highest BCUT2D eigenvalue weighted by atomic mass is 19.1. The van der Waals surface area contributed by atoms with E-state index in [1.165, 1.54) is 12.3 Å². The number of urea groups is 1. The maximum atomic E-state index is 14.1. The van der Waals surface area contributed by atoms with Gasteiger partial charge in [-0.2, -0.15) is 5.10 Å². The number of carbonyl (C=O) groups excluding carboxylic acids is 1. The van der Waals surface area contributed by atoms with Crippen LogP contribution >= 0.6 is 0 Å². The molecule has 0 radical (unpaired) electrons. The van der Waals surface area contributed by atoms with Crippen LogP contribution in [0.3, 0.4) is 0 Å². The van der Waals surface area contributed by atoms with Crippen LogP contribution in [0.4, 0.5) is 20.7 Å². The summed E-state index contributed by atoms with van der Waals surface area (Å²) in [5.74, 6) is 1.74. The van der Waals surface area contributed by atoms with Gasteiger partial charge in [-0.25, -0.2) is 23.7 Å². The van der Waals surface area contributed by atoms with Crippen molar-refractivity contribution in [1.29, 1.82) is 0 Å². The van der Waals surface area contributed by atoms with Gasteiger partial charge in [0.1, 0.15) is 17.3 Å². The number of pyridine rings is 1. The number of ether oxygens (including phenoxy) is 1. The van der Waals surface area contributed by atoms with Crippen molar-refractivity contribution in [1.82, 2.24) is 24.5 Å². The molecule has 9 nitrogen and oxygen atoms in total. The van der Waals surface area contributed by atoms with Crippen molar-refractivity contribution in [3.8, 4) is 5.88 Å². The van der Waals surface area contributed by atoms with E-state index in [2.05, 4.69) is 27.2 Å². The molecule has 0 aromatic carbocycles. The molecular formula is C23H26FN7O2. The van der Waals surface area contributed by atoms with Gasteiger partial charge in [0.25, 0.3) is 0 Å². The molecule has 3 aromatic heterocycles. The molecule has 3 aliphatic rings. The Kier molecular flexibility index (Phi) is 4.46. The molecule has 6 rings (SSSR count). The number of likely N-dealkylation sites (tertiary alicyclic amines) is 1. The topological polar surface area (TPSA) is 87.9 Å². The summed E-state index contributed by atoms with van der Waals surface area (Å²) >= 11 is 0. The molecule has 2 aliphatic heterocycles. The molecule has 5 heterocycles. The van der Waals surface area contributed by atoms with E-state index in [1.54, 1.807) is 17.8 Å². The van der Waals surface area contributed by atoms with Crippen molar-refractivity contribution in [3.63, 3.8) is 0 Å². The van der Waals surface area contributed by atoms with E-state index in [0.29, 0.717) is 29.1 Å². The van der Waals surface area contributed by atoms with Gasteiger partial charge in [-0.05, 0) is 43.2 Å². The summed E-state index contributed by atoms with van der Waals surface area (Å²) < 4.78 is 21.3. The minimum Gasteiger partial charge on any atom is -0.481 e. The Balaban J connectivity index is 1.34.